The van der Waals surface area contributed by atoms with Crippen molar-refractivity contribution in [1.82, 2.24) is 0 Å². The Morgan fingerprint density at radius 3 is 2.17 bits per heavy atom. The molecular weight excluding hydrogens is 222 g/mol. The lowest BCUT2D eigenvalue weighted by molar-refractivity contribution is -0.100. The van der Waals surface area contributed by atoms with Gasteiger partial charge in [0.25, 0.3) is 0 Å². The number of nitrogens with two attached hydrogens (primary N) is 1. The lowest BCUT2D eigenvalue weighted by Crippen LogP contribution is -2.53. The van der Waals surface area contributed by atoms with E-state index in [-0.39, 0.29) is 11.6 Å². The molecule has 1 rings (SSSR count). The molecule has 1 fully saturated rings. The Morgan fingerprint density at radius 2 is 1.67 bits per heavy atom. The van der Waals surface area contributed by atoms with E-state index in [1.807, 2.05) is 0 Å². The zero-order valence-corrected chi connectivity index (χ0v) is 12.9. The summed E-state index contributed by atoms with van der Waals surface area (Å²) in [4.78, 5) is 0. The molecule has 2 nitrogen and oxygen atoms in total. The lowest BCUT2D eigenvalue weighted by Gasteiger charge is -2.46. The minimum absolute atomic E-state index is 0.0298. The SMILES string of the molecule is CCCCCC(N)C1(OCC)CCC(C)(C)CC1. The van der Waals surface area contributed by atoms with Gasteiger partial charge < -0.3 is 10.5 Å². The molecule has 2 heteroatoms. The van der Waals surface area contributed by atoms with Crippen LogP contribution in [0.1, 0.15) is 79.1 Å². The van der Waals surface area contributed by atoms with E-state index in [1.54, 1.807) is 0 Å². The van der Waals surface area contributed by atoms with Crippen LogP contribution in [0.2, 0.25) is 0 Å². The van der Waals surface area contributed by atoms with Gasteiger partial charge in [-0.05, 0) is 44.4 Å². The molecule has 18 heavy (non-hydrogen) atoms. The number of ether oxygens (including phenoxy) is 1. The summed E-state index contributed by atoms with van der Waals surface area (Å²) in [6.45, 7) is 9.87. The van der Waals surface area contributed by atoms with Crippen molar-refractivity contribution in [3.63, 3.8) is 0 Å². The Hall–Kier alpha value is -0.0800. The van der Waals surface area contributed by atoms with Crippen molar-refractivity contribution in [1.29, 1.82) is 0 Å². The molecular formula is C16H33NO. The van der Waals surface area contributed by atoms with Crippen molar-refractivity contribution in [3.05, 3.63) is 0 Å². The first kappa shape index (κ1) is 16.0. The molecule has 0 heterocycles. The van der Waals surface area contributed by atoms with Crippen molar-refractivity contribution in [3.8, 4) is 0 Å². The average Bonchev–Trinajstić information content (AvgIpc) is 2.33. The zero-order valence-electron chi connectivity index (χ0n) is 12.9. The van der Waals surface area contributed by atoms with Crippen LogP contribution < -0.4 is 5.73 Å². The molecule has 0 aromatic rings. The Kier molecular flexibility index (Phi) is 6.13. The smallest absolute Gasteiger partial charge is 0.0832 e. The van der Waals surface area contributed by atoms with E-state index in [0.29, 0.717) is 5.41 Å². The summed E-state index contributed by atoms with van der Waals surface area (Å²) < 4.78 is 6.13. The van der Waals surface area contributed by atoms with E-state index in [4.69, 9.17) is 10.5 Å². The fraction of sp³-hybridized carbons (Fsp3) is 1.00. The maximum absolute atomic E-state index is 6.47. The molecule has 1 unspecified atom stereocenters. The van der Waals surface area contributed by atoms with Crippen molar-refractivity contribution < 1.29 is 4.74 Å². The van der Waals surface area contributed by atoms with Crippen molar-refractivity contribution in [2.75, 3.05) is 6.61 Å². The molecule has 1 aliphatic rings. The van der Waals surface area contributed by atoms with Gasteiger partial charge in [0, 0.05) is 12.6 Å². The van der Waals surface area contributed by atoms with E-state index < -0.39 is 0 Å². The molecule has 0 aromatic heterocycles. The van der Waals surface area contributed by atoms with E-state index in [1.165, 1.54) is 32.1 Å². The van der Waals surface area contributed by atoms with Gasteiger partial charge in [0.05, 0.1) is 5.60 Å². The first-order valence-electron chi connectivity index (χ1n) is 7.85. The first-order chi connectivity index (χ1) is 8.46. The van der Waals surface area contributed by atoms with Crippen LogP contribution in [-0.4, -0.2) is 18.2 Å². The highest BCUT2D eigenvalue weighted by molar-refractivity contribution is 4.97. The van der Waals surface area contributed by atoms with Crippen LogP contribution in [0, 0.1) is 5.41 Å². The molecule has 108 valence electrons. The molecule has 0 bridgehead atoms. The third-order valence-electron chi connectivity index (χ3n) is 4.68. The molecule has 0 spiro atoms. The van der Waals surface area contributed by atoms with Gasteiger partial charge in [0.1, 0.15) is 0 Å². The number of unbranched alkanes of at least 4 members (excludes halogenated alkanes) is 2. The summed E-state index contributed by atoms with van der Waals surface area (Å²) in [7, 11) is 0. The van der Waals surface area contributed by atoms with Crippen LogP contribution in [0.4, 0.5) is 0 Å². The normalized spacial score (nSPS) is 23.8. The second-order valence-electron chi connectivity index (χ2n) is 6.76. The maximum atomic E-state index is 6.47. The number of hydrogen-bond donors (Lipinski definition) is 1. The van der Waals surface area contributed by atoms with Gasteiger partial charge in [0.2, 0.25) is 0 Å². The topological polar surface area (TPSA) is 35.2 Å². The number of rotatable bonds is 7. The summed E-state index contributed by atoms with van der Waals surface area (Å²) >= 11 is 0. The van der Waals surface area contributed by atoms with Crippen LogP contribution in [0.3, 0.4) is 0 Å². The van der Waals surface area contributed by atoms with E-state index in [9.17, 15) is 0 Å². The lowest BCUT2D eigenvalue weighted by atomic mass is 9.68. The first-order valence-corrected chi connectivity index (χ1v) is 7.85. The summed E-state index contributed by atoms with van der Waals surface area (Å²) in [5, 5.41) is 0. The fourth-order valence-electron chi connectivity index (χ4n) is 3.14. The second kappa shape index (κ2) is 6.91. The van der Waals surface area contributed by atoms with Gasteiger partial charge in [-0.1, -0.05) is 40.0 Å². The van der Waals surface area contributed by atoms with Gasteiger partial charge in [-0.2, -0.15) is 0 Å². The predicted molar refractivity (Wildman–Crippen MR) is 78.7 cm³/mol. The molecule has 2 N–H and O–H groups in total. The van der Waals surface area contributed by atoms with Gasteiger partial charge in [0.15, 0.2) is 0 Å². The Bertz CT molecular complexity index is 227. The van der Waals surface area contributed by atoms with E-state index >= 15 is 0 Å². The highest BCUT2D eigenvalue weighted by atomic mass is 16.5. The second-order valence-corrected chi connectivity index (χ2v) is 6.76. The van der Waals surface area contributed by atoms with Crippen molar-refractivity contribution in [2.24, 2.45) is 11.1 Å². The fourth-order valence-corrected chi connectivity index (χ4v) is 3.14. The summed E-state index contributed by atoms with van der Waals surface area (Å²) in [6.07, 6.45) is 9.69. The summed E-state index contributed by atoms with van der Waals surface area (Å²) in [5.74, 6) is 0. The molecule has 1 saturated carbocycles. The van der Waals surface area contributed by atoms with Gasteiger partial charge in [-0.25, -0.2) is 0 Å². The number of hydrogen-bond acceptors (Lipinski definition) is 2. The summed E-state index contributed by atoms with van der Waals surface area (Å²) in [6, 6.07) is 0.222. The van der Waals surface area contributed by atoms with Gasteiger partial charge >= 0.3 is 0 Å². The highest BCUT2D eigenvalue weighted by Gasteiger charge is 2.42. The molecule has 0 saturated heterocycles. The van der Waals surface area contributed by atoms with Crippen LogP contribution in [0.5, 0.6) is 0 Å². The highest BCUT2D eigenvalue weighted by Crippen LogP contribution is 2.44. The molecule has 0 aromatic carbocycles. The largest absolute Gasteiger partial charge is 0.374 e. The maximum Gasteiger partial charge on any atom is 0.0832 e. The van der Waals surface area contributed by atoms with Crippen LogP contribution in [-0.2, 0) is 4.74 Å². The predicted octanol–water partition coefficient (Wildman–Crippen LogP) is 4.27. The molecule has 1 aliphatic carbocycles. The Morgan fingerprint density at radius 1 is 1.06 bits per heavy atom. The quantitative estimate of drug-likeness (QED) is 0.690. The monoisotopic (exact) mass is 255 g/mol. The van der Waals surface area contributed by atoms with Crippen molar-refractivity contribution >= 4 is 0 Å². The minimum Gasteiger partial charge on any atom is -0.374 e. The van der Waals surface area contributed by atoms with Gasteiger partial charge in [-0.3, -0.25) is 0 Å². The van der Waals surface area contributed by atoms with Crippen LogP contribution in [0.15, 0.2) is 0 Å². The molecule has 0 amide bonds. The average molecular weight is 255 g/mol. The van der Waals surface area contributed by atoms with Crippen LogP contribution >= 0.6 is 0 Å². The third-order valence-corrected chi connectivity index (χ3v) is 4.68. The molecule has 0 aliphatic heterocycles. The zero-order chi connectivity index (χ0) is 13.6. The van der Waals surface area contributed by atoms with E-state index in [0.717, 1.165) is 25.9 Å². The Balaban J connectivity index is 2.57. The molecule has 1 atom stereocenters. The molecule has 0 radical (unpaired) electrons. The standard InChI is InChI=1S/C16H33NO/c1-5-7-8-9-14(17)16(18-6-2)12-10-15(3,4)11-13-16/h14H,5-13,17H2,1-4H3. The van der Waals surface area contributed by atoms with Gasteiger partial charge in [-0.15, -0.1) is 0 Å². The third kappa shape index (κ3) is 4.24. The van der Waals surface area contributed by atoms with E-state index in [2.05, 4.69) is 27.7 Å². The van der Waals surface area contributed by atoms with Crippen LogP contribution in [0.25, 0.3) is 0 Å². The van der Waals surface area contributed by atoms with Crippen molar-refractivity contribution in [2.45, 2.75) is 90.7 Å². The Labute approximate surface area is 114 Å². The summed E-state index contributed by atoms with van der Waals surface area (Å²) in [5.41, 5.74) is 6.92. The minimum atomic E-state index is -0.0298.